The molecule has 3 aromatic rings. The number of esters is 1. The zero-order chi connectivity index (χ0) is 30.3. The van der Waals surface area contributed by atoms with E-state index in [1.165, 1.54) is 26.2 Å². The molecule has 0 saturated heterocycles. The fraction of sp³-hybridized carbons (Fsp3) is 0.267. The lowest BCUT2D eigenvalue weighted by Crippen LogP contribution is -2.41. The minimum atomic E-state index is -0.784. The Labute approximate surface area is 237 Å². The molecule has 0 unspecified atom stereocenters. The number of allylic oxidation sites excluding steroid dienone is 1. The monoisotopic (exact) mass is 557 g/mol. The standard InChI is InChI=1S/C30H31N5O6/c1-18(2)20-10-9-11-21(16-20)30(4,5)32-29(39)41-15-14-35-26(36)23(17-31)19(3)25(27(35)37)34-33-24-13-8-7-12-22(24)28(38)40-6/h7-13,16,37H,1,14-15H2,2-6H3,(H,32,39)/b34-33+. The second-order valence-electron chi connectivity index (χ2n) is 9.70. The van der Waals surface area contributed by atoms with Gasteiger partial charge in [0.2, 0.25) is 5.88 Å². The van der Waals surface area contributed by atoms with E-state index >= 15 is 0 Å². The van der Waals surface area contributed by atoms with Gasteiger partial charge in [0.15, 0.2) is 5.69 Å². The van der Waals surface area contributed by atoms with Gasteiger partial charge in [0, 0.05) is 5.56 Å². The summed E-state index contributed by atoms with van der Waals surface area (Å²) in [4.78, 5) is 37.6. The van der Waals surface area contributed by atoms with E-state index in [1.807, 2.05) is 51.1 Å². The zero-order valence-corrected chi connectivity index (χ0v) is 23.5. The molecule has 1 aromatic heterocycles. The lowest BCUT2D eigenvalue weighted by atomic mass is 9.92. The highest BCUT2D eigenvalue weighted by atomic mass is 16.5. The van der Waals surface area contributed by atoms with Gasteiger partial charge in [-0.3, -0.25) is 9.36 Å². The number of ether oxygens (including phenoxy) is 2. The van der Waals surface area contributed by atoms with Crippen LogP contribution >= 0.6 is 0 Å². The number of carbonyl (C=O) groups is 2. The zero-order valence-electron chi connectivity index (χ0n) is 23.5. The van der Waals surface area contributed by atoms with Crippen LogP contribution in [0.2, 0.25) is 0 Å². The van der Waals surface area contributed by atoms with E-state index in [9.17, 15) is 24.8 Å². The maximum atomic E-state index is 12.9. The van der Waals surface area contributed by atoms with Crippen LogP contribution in [0.5, 0.6) is 5.88 Å². The molecular formula is C30H31N5O6. The predicted octanol–water partition coefficient (Wildman–Crippen LogP) is 5.63. The second-order valence-corrected chi connectivity index (χ2v) is 9.70. The number of benzene rings is 2. The first kappa shape index (κ1) is 30.3. The molecule has 0 fully saturated rings. The van der Waals surface area contributed by atoms with Crippen molar-refractivity contribution < 1.29 is 24.2 Å². The van der Waals surface area contributed by atoms with Gasteiger partial charge in [-0.15, -0.1) is 10.2 Å². The molecule has 11 nitrogen and oxygen atoms in total. The third-order valence-corrected chi connectivity index (χ3v) is 6.38. The number of carbonyl (C=O) groups excluding carboxylic acids is 2. The van der Waals surface area contributed by atoms with Crippen LogP contribution < -0.4 is 10.9 Å². The molecular weight excluding hydrogens is 526 g/mol. The molecule has 0 atom stereocenters. The molecule has 0 aliphatic heterocycles. The van der Waals surface area contributed by atoms with Crippen molar-refractivity contribution in [2.45, 2.75) is 39.8 Å². The van der Waals surface area contributed by atoms with Crippen LogP contribution in [0.1, 0.15) is 53.4 Å². The molecule has 2 aromatic carbocycles. The van der Waals surface area contributed by atoms with Gasteiger partial charge in [-0.2, -0.15) is 5.26 Å². The summed E-state index contributed by atoms with van der Waals surface area (Å²) in [6, 6.07) is 15.7. The van der Waals surface area contributed by atoms with Crippen molar-refractivity contribution in [3.63, 3.8) is 0 Å². The third-order valence-electron chi connectivity index (χ3n) is 6.38. The van der Waals surface area contributed by atoms with E-state index < -0.39 is 29.0 Å². The number of nitrogens with zero attached hydrogens (tertiary/aromatic N) is 4. The molecule has 0 aliphatic rings. The molecule has 41 heavy (non-hydrogen) atoms. The fourth-order valence-corrected chi connectivity index (χ4v) is 3.98. The van der Waals surface area contributed by atoms with Crippen LogP contribution in [0.3, 0.4) is 0 Å². The molecule has 0 bridgehead atoms. The molecule has 1 heterocycles. The van der Waals surface area contributed by atoms with Crippen molar-refractivity contribution in [3.8, 4) is 11.9 Å². The average Bonchev–Trinajstić information content (AvgIpc) is 2.94. The van der Waals surface area contributed by atoms with Gasteiger partial charge < -0.3 is 19.9 Å². The molecule has 1 amide bonds. The van der Waals surface area contributed by atoms with Gasteiger partial charge in [0.25, 0.3) is 5.56 Å². The Kier molecular flexibility index (Phi) is 9.42. The highest BCUT2D eigenvalue weighted by Gasteiger charge is 2.25. The maximum Gasteiger partial charge on any atom is 0.407 e. The number of aromatic nitrogens is 1. The molecule has 3 rings (SSSR count). The van der Waals surface area contributed by atoms with Gasteiger partial charge in [-0.25, -0.2) is 9.59 Å². The number of rotatable bonds is 9. The number of aromatic hydroxyl groups is 1. The first-order valence-electron chi connectivity index (χ1n) is 12.6. The number of pyridine rings is 1. The predicted molar refractivity (Wildman–Crippen MR) is 152 cm³/mol. The molecule has 0 aliphatic carbocycles. The fourth-order valence-electron chi connectivity index (χ4n) is 3.98. The average molecular weight is 558 g/mol. The van der Waals surface area contributed by atoms with Crippen molar-refractivity contribution in [3.05, 3.63) is 93.3 Å². The number of nitrogens with one attached hydrogen (secondary N) is 1. The Balaban J connectivity index is 1.81. The smallest absolute Gasteiger partial charge is 0.407 e. The summed E-state index contributed by atoms with van der Waals surface area (Å²) in [7, 11) is 1.23. The van der Waals surface area contributed by atoms with Gasteiger partial charge in [0.1, 0.15) is 23.9 Å². The van der Waals surface area contributed by atoms with Crippen LogP contribution in [-0.2, 0) is 21.6 Å². The Morgan fingerprint density at radius 3 is 2.54 bits per heavy atom. The summed E-state index contributed by atoms with van der Waals surface area (Å²) in [6.07, 6.45) is -0.741. The van der Waals surface area contributed by atoms with Crippen molar-refractivity contribution >= 4 is 29.0 Å². The van der Waals surface area contributed by atoms with E-state index in [0.717, 1.165) is 21.3 Å². The van der Waals surface area contributed by atoms with Crippen LogP contribution in [0.25, 0.3) is 5.57 Å². The number of hydrogen-bond donors (Lipinski definition) is 2. The van der Waals surface area contributed by atoms with Crippen LogP contribution in [0.4, 0.5) is 16.2 Å². The Morgan fingerprint density at radius 1 is 1.17 bits per heavy atom. The summed E-state index contributed by atoms with van der Waals surface area (Å²) in [5.74, 6) is -1.21. The van der Waals surface area contributed by atoms with Crippen molar-refractivity contribution in [1.29, 1.82) is 5.26 Å². The van der Waals surface area contributed by atoms with Gasteiger partial charge >= 0.3 is 12.1 Å². The van der Waals surface area contributed by atoms with Gasteiger partial charge in [-0.1, -0.05) is 42.5 Å². The van der Waals surface area contributed by atoms with Gasteiger partial charge in [-0.05, 0) is 57.0 Å². The van der Waals surface area contributed by atoms with Crippen LogP contribution in [0, 0.1) is 18.3 Å². The van der Waals surface area contributed by atoms with E-state index in [1.54, 1.807) is 12.1 Å². The number of methoxy groups -OCH3 is 1. The maximum absolute atomic E-state index is 12.9. The lowest BCUT2D eigenvalue weighted by Gasteiger charge is -2.27. The molecule has 0 radical (unpaired) electrons. The summed E-state index contributed by atoms with van der Waals surface area (Å²) in [5, 5.41) is 31.4. The highest BCUT2D eigenvalue weighted by Crippen LogP contribution is 2.33. The van der Waals surface area contributed by atoms with E-state index in [4.69, 9.17) is 9.47 Å². The van der Waals surface area contributed by atoms with Crippen molar-refractivity contribution in [2.75, 3.05) is 13.7 Å². The summed E-state index contributed by atoms with van der Waals surface area (Å²) >= 11 is 0. The number of nitriles is 1. The van der Waals surface area contributed by atoms with Gasteiger partial charge in [0.05, 0.1) is 24.8 Å². The quantitative estimate of drug-likeness (QED) is 0.255. The lowest BCUT2D eigenvalue weighted by molar-refractivity contribution is 0.0601. The number of azo groups is 1. The summed E-state index contributed by atoms with van der Waals surface area (Å²) in [5.41, 5.74) is 1.08. The SMILES string of the molecule is C=C(C)c1cccc(C(C)(C)NC(=O)OCCn2c(O)c(/N=N/c3ccccc3C(=O)OC)c(C)c(C#N)c2=O)c1. The van der Waals surface area contributed by atoms with E-state index in [-0.39, 0.29) is 41.2 Å². The second kappa shape index (κ2) is 12.7. The third kappa shape index (κ3) is 6.86. The Morgan fingerprint density at radius 2 is 1.88 bits per heavy atom. The van der Waals surface area contributed by atoms with E-state index in [2.05, 4.69) is 22.1 Å². The normalized spacial score (nSPS) is 11.1. The molecule has 11 heteroatoms. The van der Waals surface area contributed by atoms with E-state index in [0.29, 0.717) is 0 Å². The highest BCUT2D eigenvalue weighted by molar-refractivity contribution is 5.94. The first-order chi connectivity index (χ1) is 19.4. The Bertz CT molecular complexity index is 1630. The van der Waals surface area contributed by atoms with Crippen molar-refractivity contribution in [2.24, 2.45) is 10.2 Å². The van der Waals surface area contributed by atoms with Crippen LogP contribution in [-0.4, -0.2) is 35.5 Å². The van der Waals surface area contributed by atoms with Crippen LogP contribution in [0.15, 0.2) is 70.1 Å². The molecule has 0 saturated carbocycles. The minimum absolute atomic E-state index is 0.1000. The number of hydrogen-bond acceptors (Lipinski definition) is 9. The first-order valence-corrected chi connectivity index (χ1v) is 12.6. The number of alkyl carbamates (subject to hydrolysis) is 1. The summed E-state index contributed by atoms with van der Waals surface area (Å²) < 4.78 is 10.9. The molecule has 0 spiro atoms. The number of amides is 1. The summed E-state index contributed by atoms with van der Waals surface area (Å²) in [6.45, 7) is 10.4. The van der Waals surface area contributed by atoms with Crippen molar-refractivity contribution in [1.82, 2.24) is 9.88 Å². The minimum Gasteiger partial charge on any atom is -0.493 e. The largest absolute Gasteiger partial charge is 0.493 e. The molecule has 212 valence electrons. The topological polar surface area (TPSA) is 155 Å². The molecule has 2 N–H and O–H groups in total. The Hall–Kier alpha value is -5.24.